The predicted octanol–water partition coefficient (Wildman–Crippen LogP) is 2.56. The second-order valence-electron chi connectivity index (χ2n) is 4.29. The molecule has 0 aliphatic rings. The minimum Gasteiger partial charge on any atom is -0.391 e. The third kappa shape index (κ3) is 4.63. The zero-order valence-electron chi connectivity index (χ0n) is 11.0. The standard InChI is InChI=1S/C11H17F3N2O2S/c1-7(2)16(6-11(12,13)14)10-15-8(5-18-3)9(4-17)19-10/h7,17H,4-6H2,1-3H3. The molecule has 1 rings (SSSR count). The van der Waals surface area contributed by atoms with E-state index in [2.05, 4.69) is 4.98 Å². The molecule has 0 amide bonds. The molecule has 0 spiro atoms. The number of aliphatic hydroxyl groups is 1. The molecule has 0 aromatic carbocycles. The summed E-state index contributed by atoms with van der Waals surface area (Å²) >= 11 is 1.06. The van der Waals surface area contributed by atoms with E-state index in [0.717, 1.165) is 11.3 Å². The van der Waals surface area contributed by atoms with Crippen LogP contribution in [0.5, 0.6) is 0 Å². The Labute approximate surface area is 113 Å². The molecule has 4 nitrogen and oxygen atoms in total. The first-order valence-electron chi connectivity index (χ1n) is 5.70. The lowest BCUT2D eigenvalue weighted by atomic mass is 10.3. The summed E-state index contributed by atoms with van der Waals surface area (Å²) in [5, 5.41) is 9.44. The molecule has 0 bridgehead atoms. The van der Waals surface area contributed by atoms with Gasteiger partial charge in [0.2, 0.25) is 0 Å². The van der Waals surface area contributed by atoms with Gasteiger partial charge in [-0.3, -0.25) is 0 Å². The molecule has 1 aromatic rings. The van der Waals surface area contributed by atoms with E-state index >= 15 is 0 Å². The number of anilines is 1. The van der Waals surface area contributed by atoms with Crippen molar-refractivity contribution in [1.82, 2.24) is 4.98 Å². The number of halogens is 3. The molecule has 8 heteroatoms. The maximum Gasteiger partial charge on any atom is 0.406 e. The largest absolute Gasteiger partial charge is 0.406 e. The Morgan fingerprint density at radius 2 is 2.05 bits per heavy atom. The van der Waals surface area contributed by atoms with Crippen LogP contribution in [-0.4, -0.2) is 36.0 Å². The van der Waals surface area contributed by atoms with Gasteiger partial charge in [0.15, 0.2) is 5.13 Å². The van der Waals surface area contributed by atoms with Gasteiger partial charge in [-0.2, -0.15) is 13.2 Å². The topological polar surface area (TPSA) is 45.6 Å². The van der Waals surface area contributed by atoms with E-state index in [0.29, 0.717) is 10.6 Å². The van der Waals surface area contributed by atoms with Crippen molar-refractivity contribution in [1.29, 1.82) is 0 Å². The summed E-state index contributed by atoms with van der Waals surface area (Å²) in [5.74, 6) is 0. The smallest absolute Gasteiger partial charge is 0.391 e. The Morgan fingerprint density at radius 1 is 1.42 bits per heavy atom. The van der Waals surface area contributed by atoms with E-state index in [4.69, 9.17) is 4.74 Å². The number of ether oxygens (including phenoxy) is 1. The van der Waals surface area contributed by atoms with E-state index in [9.17, 15) is 18.3 Å². The fourth-order valence-electron chi connectivity index (χ4n) is 1.53. The third-order valence-electron chi connectivity index (χ3n) is 2.41. The van der Waals surface area contributed by atoms with Crippen LogP contribution in [0.3, 0.4) is 0 Å². The molecule has 0 saturated carbocycles. The Kier molecular flexibility index (Phi) is 5.57. The minimum atomic E-state index is -4.29. The van der Waals surface area contributed by atoms with Gasteiger partial charge >= 0.3 is 6.18 Å². The fourth-order valence-corrected chi connectivity index (χ4v) is 2.59. The number of aliphatic hydroxyl groups excluding tert-OH is 1. The van der Waals surface area contributed by atoms with Gasteiger partial charge in [-0.25, -0.2) is 4.98 Å². The third-order valence-corrected chi connectivity index (χ3v) is 3.53. The lowest BCUT2D eigenvalue weighted by molar-refractivity contribution is -0.120. The Morgan fingerprint density at radius 3 is 2.47 bits per heavy atom. The number of hydrogen-bond donors (Lipinski definition) is 1. The Hall–Kier alpha value is -0.860. The molecule has 110 valence electrons. The van der Waals surface area contributed by atoms with Gasteiger partial charge in [0.1, 0.15) is 6.54 Å². The van der Waals surface area contributed by atoms with Crippen LogP contribution in [0.1, 0.15) is 24.4 Å². The van der Waals surface area contributed by atoms with Crippen LogP contribution in [0.4, 0.5) is 18.3 Å². The van der Waals surface area contributed by atoms with Crippen LogP contribution < -0.4 is 4.90 Å². The number of aromatic nitrogens is 1. The number of alkyl halides is 3. The van der Waals surface area contributed by atoms with Crippen LogP contribution in [-0.2, 0) is 18.0 Å². The van der Waals surface area contributed by atoms with E-state index < -0.39 is 12.7 Å². The summed E-state index contributed by atoms with van der Waals surface area (Å²) < 4.78 is 42.6. The molecule has 1 N–H and O–H groups in total. The molecular weight excluding hydrogens is 281 g/mol. The van der Waals surface area contributed by atoms with E-state index in [1.807, 2.05) is 0 Å². The van der Waals surface area contributed by atoms with E-state index in [1.54, 1.807) is 13.8 Å². The van der Waals surface area contributed by atoms with Crippen LogP contribution in [0.2, 0.25) is 0 Å². The van der Waals surface area contributed by atoms with Crippen molar-refractivity contribution in [3.05, 3.63) is 10.6 Å². The molecule has 1 aromatic heterocycles. The summed E-state index contributed by atoms with van der Waals surface area (Å²) in [5.41, 5.74) is 0.484. The van der Waals surface area contributed by atoms with Crippen LogP contribution in [0, 0.1) is 0 Å². The zero-order chi connectivity index (χ0) is 14.6. The molecule has 0 aliphatic carbocycles. The highest BCUT2D eigenvalue weighted by atomic mass is 32.1. The first-order valence-corrected chi connectivity index (χ1v) is 6.52. The van der Waals surface area contributed by atoms with Gasteiger partial charge in [-0.15, -0.1) is 0 Å². The van der Waals surface area contributed by atoms with Crippen molar-refractivity contribution in [3.63, 3.8) is 0 Å². The van der Waals surface area contributed by atoms with Crippen molar-refractivity contribution >= 4 is 16.5 Å². The summed E-state index contributed by atoms with van der Waals surface area (Å²) in [4.78, 5) is 5.84. The first kappa shape index (κ1) is 16.2. The molecule has 0 saturated heterocycles. The van der Waals surface area contributed by atoms with Gasteiger partial charge in [0, 0.05) is 13.2 Å². The van der Waals surface area contributed by atoms with Crippen LogP contribution in [0.25, 0.3) is 0 Å². The van der Waals surface area contributed by atoms with Crippen molar-refractivity contribution in [3.8, 4) is 0 Å². The normalized spacial score (nSPS) is 12.2. The first-order chi connectivity index (χ1) is 8.78. The molecule has 0 fully saturated rings. The average Bonchev–Trinajstić information content (AvgIpc) is 2.68. The summed E-state index contributed by atoms with van der Waals surface area (Å²) in [6.07, 6.45) is -4.29. The lowest BCUT2D eigenvalue weighted by Gasteiger charge is -2.27. The quantitative estimate of drug-likeness (QED) is 0.877. The predicted molar refractivity (Wildman–Crippen MR) is 67.3 cm³/mol. The molecule has 0 radical (unpaired) electrons. The number of methoxy groups -OCH3 is 1. The van der Waals surface area contributed by atoms with Crippen LogP contribution >= 0.6 is 11.3 Å². The second kappa shape index (κ2) is 6.53. The lowest BCUT2D eigenvalue weighted by Crippen LogP contribution is -2.39. The summed E-state index contributed by atoms with van der Waals surface area (Å²) in [6, 6.07) is -0.338. The monoisotopic (exact) mass is 298 g/mol. The molecular formula is C11H17F3N2O2S. The molecule has 0 aliphatic heterocycles. The number of rotatable bonds is 6. The molecule has 1 heterocycles. The minimum absolute atomic E-state index is 0.171. The fraction of sp³-hybridized carbons (Fsp3) is 0.727. The Balaban J connectivity index is 3.02. The zero-order valence-corrected chi connectivity index (χ0v) is 11.8. The second-order valence-corrected chi connectivity index (χ2v) is 5.36. The highest BCUT2D eigenvalue weighted by Gasteiger charge is 2.33. The van der Waals surface area contributed by atoms with Gasteiger partial charge < -0.3 is 14.7 Å². The van der Waals surface area contributed by atoms with Crippen molar-refractivity contribution < 1.29 is 23.0 Å². The maximum atomic E-state index is 12.6. The van der Waals surface area contributed by atoms with Gasteiger partial charge in [-0.1, -0.05) is 11.3 Å². The number of nitrogens with zero attached hydrogens (tertiary/aromatic N) is 2. The van der Waals surface area contributed by atoms with E-state index in [1.165, 1.54) is 12.0 Å². The van der Waals surface area contributed by atoms with Crippen molar-refractivity contribution in [2.75, 3.05) is 18.6 Å². The van der Waals surface area contributed by atoms with Crippen molar-refractivity contribution in [2.24, 2.45) is 0 Å². The maximum absolute atomic E-state index is 12.6. The Bertz CT molecular complexity index is 407. The SMILES string of the molecule is COCc1nc(N(CC(F)(F)F)C(C)C)sc1CO. The van der Waals surface area contributed by atoms with Gasteiger partial charge in [0.05, 0.1) is 23.8 Å². The number of hydrogen-bond acceptors (Lipinski definition) is 5. The molecule has 0 atom stereocenters. The van der Waals surface area contributed by atoms with Crippen molar-refractivity contribution in [2.45, 2.75) is 39.3 Å². The molecule has 0 unspecified atom stereocenters. The van der Waals surface area contributed by atoms with Gasteiger partial charge in [-0.05, 0) is 13.8 Å². The van der Waals surface area contributed by atoms with Crippen LogP contribution in [0.15, 0.2) is 0 Å². The average molecular weight is 298 g/mol. The van der Waals surface area contributed by atoms with E-state index in [-0.39, 0.29) is 24.4 Å². The highest BCUT2D eigenvalue weighted by molar-refractivity contribution is 7.15. The summed E-state index contributed by atoms with van der Waals surface area (Å²) in [6.45, 7) is 2.19. The summed E-state index contributed by atoms with van der Waals surface area (Å²) in [7, 11) is 1.47. The highest BCUT2D eigenvalue weighted by Crippen LogP contribution is 2.30. The molecule has 19 heavy (non-hydrogen) atoms. The number of thiazole rings is 1. The van der Waals surface area contributed by atoms with Gasteiger partial charge in [0.25, 0.3) is 0 Å².